The smallest absolute Gasteiger partial charge is 0.311 e. The van der Waals surface area contributed by atoms with Gasteiger partial charge < -0.3 is 19.5 Å². The zero-order chi connectivity index (χ0) is 20.7. The molecule has 1 N–H and O–H groups in total. The van der Waals surface area contributed by atoms with Crippen molar-refractivity contribution in [3.63, 3.8) is 0 Å². The van der Waals surface area contributed by atoms with E-state index in [1.165, 1.54) is 19.2 Å². The first-order valence-corrected chi connectivity index (χ1v) is 8.25. The highest BCUT2D eigenvalue weighted by molar-refractivity contribution is 5.94. The summed E-state index contributed by atoms with van der Waals surface area (Å²) in [5.41, 5.74) is 1.33. The molecule has 0 aliphatic heterocycles. The first kappa shape index (κ1) is 20.7. The third-order valence-electron chi connectivity index (χ3n) is 3.87. The Labute approximate surface area is 161 Å². The molecule has 0 fully saturated rings. The number of carbonyl (C=O) groups is 2. The normalized spacial score (nSPS) is 10.1. The fourth-order valence-corrected chi connectivity index (χ4v) is 2.41. The molecule has 2 rings (SSSR count). The Kier molecular flexibility index (Phi) is 6.91. The molecule has 9 nitrogen and oxygen atoms in total. The second-order valence-electron chi connectivity index (χ2n) is 5.83. The van der Waals surface area contributed by atoms with Crippen molar-refractivity contribution in [1.82, 2.24) is 0 Å². The van der Waals surface area contributed by atoms with Gasteiger partial charge in [-0.2, -0.15) is 0 Å². The average molecular weight is 388 g/mol. The number of amides is 1. The number of esters is 1. The first-order chi connectivity index (χ1) is 13.3. The summed E-state index contributed by atoms with van der Waals surface area (Å²) in [4.78, 5) is 34.4. The molecule has 0 bridgehead atoms. The van der Waals surface area contributed by atoms with Gasteiger partial charge in [0.2, 0.25) is 0 Å². The summed E-state index contributed by atoms with van der Waals surface area (Å²) >= 11 is 0. The second-order valence-corrected chi connectivity index (χ2v) is 5.83. The van der Waals surface area contributed by atoms with Crippen molar-refractivity contribution < 1.29 is 28.7 Å². The van der Waals surface area contributed by atoms with E-state index in [9.17, 15) is 19.7 Å². The van der Waals surface area contributed by atoms with Gasteiger partial charge in [0.25, 0.3) is 5.91 Å². The Hall–Kier alpha value is -3.62. The van der Waals surface area contributed by atoms with Crippen molar-refractivity contribution in [2.24, 2.45) is 0 Å². The summed E-state index contributed by atoms with van der Waals surface area (Å²) in [6.45, 7) is 1.13. The molecule has 0 aliphatic carbocycles. The van der Waals surface area contributed by atoms with Gasteiger partial charge in [-0.05, 0) is 30.2 Å². The zero-order valence-corrected chi connectivity index (χ0v) is 15.7. The Balaban J connectivity index is 1.92. The summed E-state index contributed by atoms with van der Waals surface area (Å²) < 4.78 is 15.0. The number of nitro groups is 1. The number of anilines is 1. The van der Waals surface area contributed by atoms with E-state index >= 15 is 0 Å². The Morgan fingerprint density at radius 1 is 1.11 bits per heavy atom. The van der Waals surface area contributed by atoms with Crippen LogP contribution >= 0.6 is 0 Å². The minimum atomic E-state index is -0.571. The SMILES string of the molecule is COc1ccc(CC(=O)OCC(=O)Nc2cc(OC)c([N+](=O)[O-])cc2C)cc1. The fourth-order valence-electron chi connectivity index (χ4n) is 2.41. The van der Waals surface area contributed by atoms with Crippen molar-refractivity contribution in [3.8, 4) is 11.5 Å². The van der Waals surface area contributed by atoms with Gasteiger partial charge in [0.15, 0.2) is 12.4 Å². The van der Waals surface area contributed by atoms with E-state index < -0.39 is 23.4 Å². The highest BCUT2D eigenvalue weighted by atomic mass is 16.6. The lowest BCUT2D eigenvalue weighted by molar-refractivity contribution is -0.385. The standard InChI is InChI=1S/C19H20N2O7/c1-12-8-16(21(24)25)17(27-3)10-15(12)20-18(22)11-28-19(23)9-13-4-6-14(26-2)7-5-13/h4-8,10H,9,11H2,1-3H3,(H,20,22). The lowest BCUT2D eigenvalue weighted by Gasteiger charge is -2.11. The molecule has 0 radical (unpaired) electrons. The molecule has 9 heteroatoms. The van der Waals surface area contributed by atoms with Crippen LogP contribution in [0.25, 0.3) is 0 Å². The maximum absolute atomic E-state index is 12.0. The van der Waals surface area contributed by atoms with E-state index in [0.717, 1.165) is 5.56 Å². The number of carbonyl (C=O) groups excluding carboxylic acids is 2. The van der Waals surface area contributed by atoms with E-state index in [1.54, 1.807) is 38.3 Å². The molecular weight excluding hydrogens is 368 g/mol. The number of hydrogen-bond donors (Lipinski definition) is 1. The Bertz CT molecular complexity index is 879. The molecule has 0 saturated carbocycles. The van der Waals surface area contributed by atoms with Gasteiger partial charge >= 0.3 is 11.7 Å². The van der Waals surface area contributed by atoms with Gasteiger partial charge in [-0.3, -0.25) is 19.7 Å². The largest absolute Gasteiger partial charge is 0.497 e. The van der Waals surface area contributed by atoms with Crippen LogP contribution in [0.4, 0.5) is 11.4 Å². The van der Waals surface area contributed by atoms with Crippen LogP contribution in [0, 0.1) is 17.0 Å². The van der Waals surface area contributed by atoms with Crippen LogP contribution in [0.1, 0.15) is 11.1 Å². The van der Waals surface area contributed by atoms with Crippen molar-refractivity contribution in [2.75, 3.05) is 26.1 Å². The third-order valence-corrected chi connectivity index (χ3v) is 3.87. The highest BCUT2D eigenvalue weighted by Gasteiger charge is 2.18. The summed E-state index contributed by atoms with van der Waals surface area (Å²) in [5, 5.41) is 13.6. The van der Waals surface area contributed by atoms with Crippen molar-refractivity contribution in [2.45, 2.75) is 13.3 Å². The van der Waals surface area contributed by atoms with Crippen LogP contribution < -0.4 is 14.8 Å². The first-order valence-electron chi connectivity index (χ1n) is 8.25. The molecule has 2 aromatic rings. The molecule has 148 valence electrons. The maximum atomic E-state index is 12.0. The Morgan fingerprint density at radius 3 is 2.36 bits per heavy atom. The minimum absolute atomic E-state index is 0.0155. The number of aryl methyl sites for hydroxylation is 1. The summed E-state index contributed by atoms with van der Waals surface area (Å²) in [5.74, 6) is -0.437. The van der Waals surface area contributed by atoms with Crippen molar-refractivity contribution >= 4 is 23.3 Å². The molecule has 0 saturated heterocycles. The third kappa shape index (κ3) is 5.44. The van der Waals surface area contributed by atoms with E-state index in [4.69, 9.17) is 14.2 Å². The van der Waals surface area contributed by atoms with Crippen molar-refractivity contribution in [3.05, 3.63) is 57.6 Å². The van der Waals surface area contributed by atoms with Gasteiger partial charge in [0.1, 0.15) is 5.75 Å². The van der Waals surface area contributed by atoms with Crippen LogP contribution in [-0.2, 0) is 20.7 Å². The number of nitro benzene ring substituents is 1. The number of rotatable bonds is 8. The van der Waals surface area contributed by atoms with E-state index in [1.807, 2.05) is 0 Å². The number of nitrogens with one attached hydrogen (secondary N) is 1. The monoisotopic (exact) mass is 388 g/mol. The van der Waals surface area contributed by atoms with E-state index in [0.29, 0.717) is 17.0 Å². The molecule has 0 spiro atoms. The summed E-state index contributed by atoms with van der Waals surface area (Å²) in [6, 6.07) is 9.55. The van der Waals surface area contributed by atoms with Gasteiger partial charge in [-0.25, -0.2) is 0 Å². The Morgan fingerprint density at radius 2 is 1.79 bits per heavy atom. The van der Waals surface area contributed by atoms with E-state index in [-0.39, 0.29) is 17.9 Å². The number of nitrogens with zero attached hydrogens (tertiary/aromatic N) is 1. The predicted octanol–water partition coefficient (Wildman–Crippen LogP) is 2.64. The fraction of sp³-hybridized carbons (Fsp3) is 0.263. The van der Waals surface area contributed by atoms with Crippen LogP contribution in [0.3, 0.4) is 0 Å². The topological polar surface area (TPSA) is 117 Å². The number of ether oxygens (including phenoxy) is 3. The van der Waals surface area contributed by atoms with E-state index in [2.05, 4.69) is 5.32 Å². The quantitative estimate of drug-likeness (QED) is 0.420. The lowest BCUT2D eigenvalue weighted by atomic mass is 10.1. The maximum Gasteiger partial charge on any atom is 0.311 e. The molecule has 0 aliphatic rings. The van der Waals surface area contributed by atoms with Crippen LogP contribution in [0.5, 0.6) is 11.5 Å². The second kappa shape index (κ2) is 9.36. The van der Waals surface area contributed by atoms with Gasteiger partial charge in [-0.15, -0.1) is 0 Å². The molecule has 2 aromatic carbocycles. The van der Waals surface area contributed by atoms with Gasteiger partial charge in [-0.1, -0.05) is 12.1 Å². The highest BCUT2D eigenvalue weighted by Crippen LogP contribution is 2.32. The van der Waals surface area contributed by atoms with Crippen LogP contribution in [0.15, 0.2) is 36.4 Å². The number of hydrogen-bond acceptors (Lipinski definition) is 7. The van der Waals surface area contributed by atoms with Crippen LogP contribution in [0.2, 0.25) is 0 Å². The number of benzene rings is 2. The lowest BCUT2D eigenvalue weighted by Crippen LogP contribution is -2.22. The molecule has 28 heavy (non-hydrogen) atoms. The van der Waals surface area contributed by atoms with Gasteiger partial charge in [0, 0.05) is 17.8 Å². The van der Waals surface area contributed by atoms with Crippen molar-refractivity contribution in [1.29, 1.82) is 0 Å². The molecule has 0 heterocycles. The van der Waals surface area contributed by atoms with Crippen LogP contribution in [-0.4, -0.2) is 37.6 Å². The predicted molar refractivity (Wildman–Crippen MR) is 101 cm³/mol. The minimum Gasteiger partial charge on any atom is -0.497 e. The zero-order valence-electron chi connectivity index (χ0n) is 15.7. The summed E-state index contributed by atoms with van der Waals surface area (Å²) in [6.07, 6.45) is 0.0155. The van der Waals surface area contributed by atoms with Gasteiger partial charge in [0.05, 0.1) is 25.6 Å². The molecule has 0 aromatic heterocycles. The molecule has 1 amide bonds. The molecule has 0 unspecified atom stereocenters. The summed E-state index contributed by atoms with van der Waals surface area (Å²) in [7, 11) is 2.84. The molecular formula is C19H20N2O7. The molecule has 0 atom stereocenters. The average Bonchev–Trinajstić information content (AvgIpc) is 2.68. The number of methoxy groups -OCH3 is 2.